The van der Waals surface area contributed by atoms with Crippen LogP contribution < -0.4 is 14.4 Å². The van der Waals surface area contributed by atoms with Crippen molar-refractivity contribution in [2.45, 2.75) is 102 Å². The molecule has 5 aliphatic heterocycles. The van der Waals surface area contributed by atoms with E-state index in [0.717, 1.165) is 56.0 Å². The maximum Gasteiger partial charge on any atom is 0.410 e. The van der Waals surface area contributed by atoms with E-state index in [1.165, 1.54) is 5.57 Å². The number of carbonyl (C=O) groups is 1. The summed E-state index contributed by atoms with van der Waals surface area (Å²) in [7, 11) is 0. The third kappa shape index (κ3) is 5.39. The number of carbonyl (C=O) groups excluding carboxylic acids is 1. The van der Waals surface area contributed by atoms with Gasteiger partial charge < -0.3 is 19.1 Å². The molecular weight excluding hydrogens is 671 g/mol. The van der Waals surface area contributed by atoms with Gasteiger partial charge in [-0.2, -0.15) is 9.97 Å². The molecule has 2 aromatic heterocycles. The Morgan fingerprint density at radius 1 is 1.15 bits per heavy atom. The molecule has 7 heterocycles. The molecule has 0 spiro atoms. The number of aromatic nitrogens is 3. The fraction of sp³-hybridized carbons (Fsp3) is 0.476. The third-order valence-corrected chi connectivity index (χ3v) is 11.9. The summed E-state index contributed by atoms with van der Waals surface area (Å²) in [6.07, 6.45) is 10.4. The third-order valence-electron chi connectivity index (χ3n) is 11.9. The Hall–Kier alpha value is -4.95. The SMILES string of the molecule is C#Cc1cccc2cccc(-c3nc4c5c(nc(OCC67CCCN6CC(=C)C7)nc5c3F)N3C[C@H]5CC[C@@H]([C@H]3[C@H](CC)O4)N5C(=O)OC(C)(C)C)c12. The van der Waals surface area contributed by atoms with Crippen molar-refractivity contribution >= 4 is 33.6 Å². The van der Waals surface area contributed by atoms with Crippen molar-refractivity contribution in [3.63, 3.8) is 0 Å². The van der Waals surface area contributed by atoms with E-state index in [-0.39, 0.29) is 52.9 Å². The van der Waals surface area contributed by atoms with E-state index < -0.39 is 17.5 Å². The number of fused-ring (bicyclic) bond motifs is 7. The minimum Gasteiger partial charge on any atom is -0.471 e. The van der Waals surface area contributed by atoms with Gasteiger partial charge in [-0.25, -0.2) is 14.2 Å². The number of ether oxygens (including phenoxy) is 3. The van der Waals surface area contributed by atoms with Crippen LogP contribution in [0, 0.1) is 18.2 Å². The van der Waals surface area contributed by atoms with Crippen LogP contribution >= 0.6 is 0 Å². The molecule has 4 fully saturated rings. The zero-order chi connectivity index (χ0) is 36.8. The number of halogens is 1. The largest absolute Gasteiger partial charge is 0.471 e. The van der Waals surface area contributed by atoms with Crippen LogP contribution in [0.15, 0.2) is 48.6 Å². The first-order valence-electron chi connectivity index (χ1n) is 18.9. The van der Waals surface area contributed by atoms with Crippen molar-refractivity contribution in [2.24, 2.45) is 0 Å². The second-order valence-corrected chi connectivity index (χ2v) is 16.3. The molecule has 274 valence electrons. The van der Waals surface area contributed by atoms with Gasteiger partial charge in [0.15, 0.2) is 5.82 Å². The monoisotopic (exact) mass is 716 g/mol. The summed E-state index contributed by atoms with van der Waals surface area (Å²) in [5.41, 5.74) is 1.73. The van der Waals surface area contributed by atoms with E-state index in [1.807, 2.05) is 62.1 Å². The van der Waals surface area contributed by atoms with Crippen LogP contribution in [0.2, 0.25) is 0 Å². The van der Waals surface area contributed by atoms with Gasteiger partial charge in [-0.3, -0.25) is 9.80 Å². The first-order valence-corrected chi connectivity index (χ1v) is 18.9. The zero-order valence-corrected chi connectivity index (χ0v) is 30.8. The Labute approximate surface area is 309 Å². The molecule has 0 aliphatic carbocycles. The molecule has 0 radical (unpaired) electrons. The molecular formula is C42H45FN6O4. The van der Waals surface area contributed by atoms with Crippen molar-refractivity contribution < 1.29 is 23.4 Å². The summed E-state index contributed by atoms with van der Waals surface area (Å²) >= 11 is 0. The van der Waals surface area contributed by atoms with Crippen LogP contribution in [0.3, 0.4) is 0 Å². The summed E-state index contributed by atoms with van der Waals surface area (Å²) in [6, 6.07) is 10.8. The van der Waals surface area contributed by atoms with Gasteiger partial charge in [-0.15, -0.1) is 6.42 Å². The van der Waals surface area contributed by atoms with Gasteiger partial charge in [-0.05, 0) is 77.3 Å². The van der Waals surface area contributed by atoms with E-state index in [1.54, 1.807) is 0 Å². The molecule has 11 heteroatoms. The molecule has 10 nitrogen and oxygen atoms in total. The highest BCUT2D eigenvalue weighted by atomic mass is 19.1. The van der Waals surface area contributed by atoms with Gasteiger partial charge in [0.1, 0.15) is 40.7 Å². The second kappa shape index (κ2) is 12.3. The molecule has 0 saturated carbocycles. The number of hydrogen-bond donors (Lipinski definition) is 0. The Bertz CT molecular complexity index is 2220. The minimum absolute atomic E-state index is 0.0780. The van der Waals surface area contributed by atoms with Crippen LogP contribution in [-0.4, -0.2) is 92.5 Å². The first kappa shape index (κ1) is 33.9. The van der Waals surface area contributed by atoms with E-state index in [9.17, 15) is 4.79 Å². The number of nitrogens with zero attached hydrogens (tertiary/aromatic N) is 6. The van der Waals surface area contributed by atoms with Gasteiger partial charge >= 0.3 is 12.1 Å². The molecule has 2 bridgehead atoms. The molecule has 5 aliphatic rings. The highest BCUT2D eigenvalue weighted by Crippen LogP contribution is 2.48. The maximum atomic E-state index is 17.4. The number of anilines is 1. The number of benzene rings is 2. The van der Waals surface area contributed by atoms with E-state index >= 15 is 4.39 Å². The highest BCUT2D eigenvalue weighted by Gasteiger charge is 2.54. The molecule has 1 amide bonds. The van der Waals surface area contributed by atoms with Gasteiger partial charge in [-0.1, -0.05) is 55.3 Å². The van der Waals surface area contributed by atoms with E-state index in [0.29, 0.717) is 41.9 Å². The Morgan fingerprint density at radius 2 is 1.96 bits per heavy atom. The van der Waals surface area contributed by atoms with Gasteiger partial charge in [0.25, 0.3) is 0 Å². The minimum atomic E-state index is -0.641. The lowest BCUT2D eigenvalue weighted by Gasteiger charge is -2.48. The molecule has 4 saturated heterocycles. The predicted molar refractivity (Wildman–Crippen MR) is 202 cm³/mol. The Kier molecular flexibility index (Phi) is 7.86. The van der Waals surface area contributed by atoms with Crippen LogP contribution in [0.4, 0.5) is 15.0 Å². The average molecular weight is 717 g/mol. The molecule has 5 atom stereocenters. The number of hydrogen-bond acceptors (Lipinski definition) is 9. The van der Waals surface area contributed by atoms with Crippen molar-refractivity contribution in [3.8, 4) is 35.5 Å². The van der Waals surface area contributed by atoms with E-state index in [4.69, 9.17) is 35.6 Å². The lowest BCUT2D eigenvalue weighted by atomic mass is 9.94. The molecule has 9 rings (SSSR count). The second-order valence-electron chi connectivity index (χ2n) is 16.3. The smallest absolute Gasteiger partial charge is 0.410 e. The molecule has 4 aromatic rings. The predicted octanol–water partition coefficient (Wildman–Crippen LogP) is 7.27. The molecule has 2 aromatic carbocycles. The van der Waals surface area contributed by atoms with Crippen molar-refractivity contribution in [1.29, 1.82) is 0 Å². The van der Waals surface area contributed by atoms with Crippen molar-refractivity contribution in [2.75, 3.05) is 31.1 Å². The van der Waals surface area contributed by atoms with Crippen molar-refractivity contribution in [3.05, 3.63) is 59.9 Å². The number of pyridine rings is 1. The summed E-state index contributed by atoms with van der Waals surface area (Å²) in [4.78, 5) is 35.2. The van der Waals surface area contributed by atoms with Gasteiger partial charge in [0.2, 0.25) is 5.88 Å². The lowest BCUT2D eigenvalue weighted by Crippen LogP contribution is -2.65. The van der Waals surface area contributed by atoms with Gasteiger partial charge in [0, 0.05) is 29.6 Å². The normalized spacial score (nSPS) is 26.3. The maximum absolute atomic E-state index is 17.4. The summed E-state index contributed by atoms with van der Waals surface area (Å²) in [5, 5.41) is 2.00. The first-order chi connectivity index (χ1) is 25.5. The highest BCUT2D eigenvalue weighted by molar-refractivity contribution is 6.03. The number of piperazine rings is 1. The van der Waals surface area contributed by atoms with Crippen LogP contribution in [0.25, 0.3) is 32.9 Å². The van der Waals surface area contributed by atoms with E-state index in [2.05, 4.69) is 29.2 Å². The number of amides is 1. The van der Waals surface area contributed by atoms with Crippen LogP contribution in [-0.2, 0) is 4.74 Å². The van der Waals surface area contributed by atoms with Crippen LogP contribution in [0.1, 0.15) is 71.8 Å². The summed E-state index contributed by atoms with van der Waals surface area (Å²) in [6.45, 7) is 14.7. The fourth-order valence-electron chi connectivity index (χ4n) is 9.74. The lowest BCUT2D eigenvalue weighted by molar-refractivity contribution is -0.000587. The van der Waals surface area contributed by atoms with Gasteiger partial charge in [0.05, 0.1) is 23.7 Å². The quantitative estimate of drug-likeness (QED) is 0.156. The summed E-state index contributed by atoms with van der Waals surface area (Å²) < 4.78 is 36.8. The molecule has 53 heavy (non-hydrogen) atoms. The van der Waals surface area contributed by atoms with Crippen molar-refractivity contribution in [1.82, 2.24) is 24.8 Å². The topological polar surface area (TPSA) is 93.2 Å². The Morgan fingerprint density at radius 3 is 2.74 bits per heavy atom. The van der Waals surface area contributed by atoms with Crippen LogP contribution in [0.5, 0.6) is 11.9 Å². The Balaban J connectivity index is 1.22. The number of rotatable bonds is 5. The zero-order valence-electron chi connectivity index (χ0n) is 30.8. The summed E-state index contributed by atoms with van der Waals surface area (Å²) in [5.74, 6) is 2.94. The standard InChI is InChI=1S/C42H45FN6O4/c1-7-25-12-9-13-26-14-10-15-28(31(25)26)34-33(43)35-32-37(46-39(45-35)51-23-42-18-11-19-47(42)21-24(3)20-42)48-22-27-16-17-29(49(27)40(50)53-41(4,5)6)36(48)30(8-2)52-38(32)44-34/h1,9-10,12-15,27,29-30,36H,3,8,11,16-23H2,2,4-6H3/t27-,29+,30+,36+,42?/m1/s1. The number of terminal acetylenes is 1. The average Bonchev–Trinajstić information content (AvgIpc) is 3.74. The molecule has 1 unspecified atom stereocenters. The molecule has 0 N–H and O–H groups in total. The fourth-order valence-corrected chi connectivity index (χ4v) is 9.74.